The number of hydrogen-bond acceptors (Lipinski definition) is 2. The quantitative estimate of drug-likeness (QED) is 0.627. The lowest BCUT2D eigenvalue weighted by Crippen LogP contribution is -2.04. The maximum atomic E-state index is 9.34. The van der Waals surface area contributed by atoms with E-state index >= 15 is 0 Å². The molecule has 1 aromatic heterocycles. The number of aromatic nitrogens is 1. The van der Waals surface area contributed by atoms with E-state index in [1.807, 2.05) is 48.7 Å². The van der Waals surface area contributed by atoms with Crippen molar-refractivity contribution in [3.63, 3.8) is 0 Å². The highest BCUT2D eigenvalue weighted by Crippen LogP contribution is 2.25. The molecular formula is C20H20N2O. The average molecular weight is 304 g/mol. The number of aryl methyl sites for hydroxylation is 2. The van der Waals surface area contributed by atoms with Gasteiger partial charge in [-0.1, -0.05) is 43.3 Å². The number of ether oxygens (including phenoxy) is 1. The molecule has 23 heavy (non-hydrogen) atoms. The number of rotatable bonds is 6. The fourth-order valence-corrected chi connectivity index (χ4v) is 2.93. The first-order valence-corrected chi connectivity index (χ1v) is 8.02. The molecule has 0 aliphatic carbocycles. The highest BCUT2D eigenvalue weighted by molar-refractivity contribution is 5.89. The van der Waals surface area contributed by atoms with E-state index in [2.05, 4.69) is 23.6 Å². The molecule has 2 aromatic carbocycles. The summed E-state index contributed by atoms with van der Waals surface area (Å²) >= 11 is 0. The zero-order valence-electron chi connectivity index (χ0n) is 13.3. The van der Waals surface area contributed by atoms with Crippen LogP contribution in [0.4, 0.5) is 0 Å². The summed E-state index contributed by atoms with van der Waals surface area (Å²) in [6.07, 6.45) is 3.83. The van der Waals surface area contributed by atoms with Gasteiger partial charge in [0.15, 0.2) is 0 Å². The molecule has 3 nitrogen and oxygen atoms in total. The number of hydrogen-bond donors (Lipinski definition) is 0. The molecule has 3 rings (SSSR count). The van der Waals surface area contributed by atoms with Crippen molar-refractivity contribution < 1.29 is 4.74 Å². The molecule has 116 valence electrons. The topological polar surface area (TPSA) is 38.0 Å². The van der Waals surface area contributed by atoms with Crippen LogP contribution in [0.5, 0.6) is 5.75 Å². The molecule has 0 radical (unpaired) electrons. The van der Waals surface area contributed by atoms with Crippen LogP contribution in [0.2, 0.25) is 0 Å². The maximum absolute atomic E-state index is 9.34. The molecule has 1 heterocycles. The van der Waals surface area contributed by atoms with Crippen LogP contribution >= 0.6 is 0 Å². The molecule has 0 spiro atoms. The molecule has 3 heteroatoms. The molecule has 3 aromatic rings. The zero-order chi connectivity index (χ0) is 16.1. The van der Waals surface area contributed by atoms with Crippen LogP contribution in [0, 0.1) is 11.3 Å². The minimum atomic E-state index is 0.667. The van der Waals surface area contributed by atoms with E-state index in [0.29, 0.717) is 6.61 Å². The second-order valence-corrected chi connectivity index (χ2v) is 5.53. The Hall–Kier alpha value is -2.73. The molecule has 0 unspecified atom stereocenters. The van der Waals surface area contributed by atoms with Gasteiger partial charge in [0.05, 0.1) is 17.7 Å². The molecule has 0 atom stereocenters. The Bertz CT molecular complexity index is 828. The van der Waals surface area contributed by atoms with Crippen LogP contribution in [0.15, 0.2) is 54.7 Å². The molecule has 0 N–H and O–H groups in total. The summed E-state index contributed by atoms with van der Waals surface area (Å²) in [6, 6.07) is 18.4. The normalized spacial score (nSPS) is 10.6. The highest BCUT2D eigenvalue weighted by atomic mass is 16.5. The van der Waals surface area contributed by atoms with E-state index < -0.39 is 0 Å². The largest absolute Gasteiger partial charge is 0.494 e. The first kappa shape index (κ1) is 15.2. The number of para-hydroxylation sites is 2. The van der Waals surface area contributed by atoms with Gasteiger partial charge in [0, 0.05) is 18.1 Å². The van der Waals surface area contributed by atoms with Crippen LogP contribution < -0.4 is 4.74 Å². The summed E-state index contributed by atoms with van der Waals surface area (Å²) < 4.78 is 7.95. The average Bonchev–Trinajstić information content (AvgIpc) is 2.98. The third-order valence-corrected chi connectivity index (χ3v) is 4.04. The standard InChI is InChI=1S/C20H20N2O/c1-2-16-8-6-11-19-17(14-21)15-22(20(16)19)12-7-13-23-18-9-4-3-5-10-18/h3-6,8-11,15H,2,7,12-13H2,1H3. The van der Waals surface area contributed by atoms with E-state index in [1.165, 1.54) is 11.1 Å². The number of nitriles is 1. The van der Waals surface area contributed by atoms with Crippen LogP contribution in [-0.4, -0.2) is 11.2 Å². The van der Waals surface area contributed by atoms with Crippen molar-refractivity contribution in [1.82, 2.24) is 4.57 Å². The van der Waals surface area contributed by atoms with Gasteiger partial charge >= 0.3 is 0 Å². The van der Waals surface area contributed by atoms with E-state index in [0.717, 1.165) is 36.1 Å². The van der Waals surface area contributed by atoms with Crippen molar-refractivity contribution in [3.8, 4) is 11.8 Å². The predicted molar refractivity (Wildman–Crippen MR) is 92.6 cm³/mol. The van der Waals surface area contributed by atoms with Crippen LogP contribution in [0.25, 0.3) is 10.9 Å². The monoisotopic (exact) mass is 304 g/mol. The predicted octanol–water partition coefficient (Wildman–Crippen LogP) is 4.54. The highest BCUT2D eigenvalue weighted by Gasteiger charge is 2.10. The lowest BCUT2D eigenvalue weighted by molar-refractivity contribution is 0.302. The van der Waals surface area contributed by atoms with Gasteiger partial charge in [-0.25, -0.2) is 0 Å². The zero-order valence-corrected chi connectivity index (χ0v) is 13.3. The molecule has 0 saturated carbocycles. The van der Waals surface area contributed by atoms with E-state index in [-0.39, 0.29) is 0 Å². The molecule has 0 bridgehead atoms. The van der Waals surface area contributed by atoms with Gasteiger partial charge in [-0.3, -0.25) is 0 Å². The van der Waals surface area contributed by atoms with E-state index in [1.54, 1.807) is 0 Å². The van der Waals surface area contributed by atoms with Gasteiger partial charge in [-0.05, 0) is 30.5 Å². The first-order chi connectivity index (χ1) is 11.3. The summed E-state index contributed by atoms with van der Waals surface area (Å²) in [5.41, 5.74) is 3.22. The van der Waals surface area contributed by atoms with Gasteiger partial charge in [0.25, 0.3) is 0 Å². The van der Waals surface area contributed by atoms with E-state index in [4.69, 9.17) is 4.74 Å². The fraction of sp³-hybridized carbons (Fsp3) is 0.250. The van der Waals surface area contributed by atoms with Gasteiger partial charge < -0.3 is 9.30 Å². The molecule has 0 fully saturated rings. The Labute approximate surface area is 136 Å². The third-order valence-electron chi connectivity index (χ3n) is 4.04. The van der Waals surface area contributed by atoms with Gasteiger partial charge in [-0.15, -0.1) is 0 Å². The SMILES string of the molecule is CCc1cccc2c(C#N)cn(CCCOc3ccccc3)c12. The lowest BCUT2D eigenvalue weighted by atomic mass is 10.1. The number of benzene rings is 2. The van der Waals surface area contributed by atoms with Gasteiger partial charge in [0.1, 0.15) is 11.8 Å². The minimum absolute atomic E-state index is 0.667. The second-order valence-electron chi connectivity index (χ2n) is 5.53. The third kappa shape index (κ3) is 3.22. The Balaban J connectivity index is 1.74. The maximum Gasteiger partial charge on any atom is 0.119 e. The number of fused-ring (bicyclic) bond motifs is 1. The molecule has 0 saturated heterocycles. The smallest absolute Gasteiger partial charge is 0.119 e. The van der Waals surface area contributed by atoms with Crippen molar-refractivity contribution in [3.05, 3.63) is 65.9 Å². The van der Waals surface area contributed by atoms with Crippen molar-refractivity contribution in [1.29, 1.82) is 5.26 Å². The Morgan fingerprint density at radius 1 is 1.09 bits per heavy atom. The molecular weight excluding hydrogens is 284 g/mol. The fourth-order valence-electron chi connectivity index (χ4n) is 2.93. The minimum Gasteiger partial charge on any atom is -0.494 e. The van der Waals surface area contributed by atoms with Crippen LogP contribution in [0.3, 0.4) is 0 Å². The molecule has 0 amide bonds. The Kier molecular flexibility index (Phi) is 4.63. The summed E-state index contributed by atoms with van der Waals surface area (Å²) in [7, 11) is 0. The van der Waals surface area contributed by atoms with E-state index in [9.17, 15) is 5.26 Å². The molecule has 0 aliphatic rings. The van der Waals surface area contributed by atoms with Crippen molar-refractivity contribution in [2.45, 2.75) is 26.3 Å². The van der Waals surface area contributed by atoms with Crippen molar-refractivity contribution in [2.75, 3.05) is 6.61 Å². The summed E-state index contributed by atoms with van der Waals surface area (Å²) in [6.45, 7) is 3.67. The summed E-state index contributed by atoms with van der Waals surface area (Å²) in [5, 5.41) is 10.4. The summed E-state index contributed by atoms with van der Waals surface area (Å²) in [5.74, 6) is 0.900. The Morgan fingerprint density at radius 2 is 1.91 bits per heavy atom. The summed E-state index contributed by atoms with van der Waals surface area (Å²) in [4.78, 5) is 0. The molecule has 0 aliphatic heterocycles. The first-order valence-electron chi connectivity index (χ1n) is 8.02. The van der Waals surface area contributed by atoms with Gasteiger partial charge in [-0.2, -0.15) is 5.26 Å². The van der Waals surface area contributed by atoms with Crippen molar-refractivity contribution in [2.24, 2.45) is 0 Å². The van der Waals surface area contributed by atoms with Crippen LogP contribution in [0.1, 0.15) is 24.5 Å². The Morgan fingerprint density at radius 3 is 2.65 bits per heavy atom. The number of nitrogens with zero attached hydrogens (tertiary/aromatic N) is 2. The van der Waals surface area contributed by atoms with Gasteiger partial charge in [0.2, 0.25) is 0 Å². The lowest BCUT2D eigenvalue weighted by Gasteiger charge is -2.10. The second kappa shape index (κ2) is 7.02. The van der Waals surface area contributed by atoms with Crippen LogP contribution in [-0.2, 0) is 13.0 Å². The van der Waals surface area contributed by atoms with Crippen molar-refractivity contribution >= 4 is 10.9 Å².